The first-order valence-electron chi connectivity index (χ1n) is 3.82. The van der Waals surface area contributed by atoms with Gasteiger partial charge in [-0.1, -0.05) is 5.11 Å². The molecule has 1 aliphatic heterocycles. The number of hydrogen-bond acceptors (Lipinski definition) is 3. The van der Waals surface area contributed by atoms with Gasteiger partial charge in [0.15, 0.2) is 0 Å². The van der Waals surface area contributed by atoms with E-state index in [1.165, 1.54) is 0 Å². The molecule has 1 aliphatic rings. The van der Waals surface area contributed by atoms with Crippen LogP contribution in [0.1, 0.15) is 0 Å². The molecule has 1 amide bonds. The molecular formula is C6H10N4O3. The zero-order valence-electron chi connectivity index (χ0n) is 6.88. The fourth-order valence-electron chi connectivity index (χ4n) is 1.24. The molecule has 2 N–H and O–H groups in total. The number of ether oxygens (including phenoxy) is 1. The van der Waals surface area contributed by atoms with Crippen molar-refractivity contribution < 1.29 is 14.6 Å². The lowest BCUT2D eigenvalue weighted by Crippen LogP contribution is -2.39. The quantitative estimate of drug-likeness (QED) is 0.382. The number of amides is 1. The van der Waals surface area contributed by atoms with Gasteiger partial charge in [0, 0.05) is 17.4 Å². The first-order valence-corrected chi connectivity index (χ1v) is 3.82. The molecule has 0 aliphatic carbocycles. The number of nitrogens with one attached hydrogen (secondary N) is 1. The minimum Gasteiger partial charge on any atom is -0.465 e. The zero-order chi connectivity index (χ0) is 9.68. The summed E-state index contributed by atoms with van der Waals surface area (Å²) >= 11 is 0. The van der Waals surface area contributed by atoms with E-state index in [0.29, 0.717) is 13.2 Å². The van der Waals surface area contributed by atoms with E-state index in [2.05, 4.69) is 15.3 Å². The minimum absolute atomic E-state index is 0.0491. The Morgan fingerprint density at radius 2 is 2.54 bits per heavy atom. The van der Waals surface area contributed by atoms with Crippen LogP contribution in [0.5, 0.6) is 0 Å². The summed E-state index contributed by atoms with van der Waals surface area (Å²) in [6.45, 7) is 1.04. The third-order valence-corrected chi connectivity index (χ3v) is 1.89. The van der Waals surface area contributed by atoms with E-state index in [0.717, 1.165) is 0 Å². The number of nitrogens with zero attached hydrogens (tertiary/aromatic N) is 3. The van der Waals surface area contributed by atoms with Gasteiger partial charge in [0.1, 0.15) is 0 Å². The summed E-state index contributed by atoms with van der Waals surface area (Å²) in [4.78, 5) is 12.9. The van der Waals surface area contributed by atoms with Crippen LogP contribution in [0, 0.1) is 5.92 Å². The maximum Gasteiger partial charge on any atom is 0.404 e. The van der Waals surface area contributed by atoms with Gasteiger partial charge in [-0.15, -0.1) is 0 Å². The van der Waals surface area contributed by atoms with Crippen molar-refractivity contribution in [3.05, 3.63) is 10.4 Å². The Labute approximate surface area is 74.3 Å². The van der Waals surface area contributed by atoms with Crippen molar-refractivity contribution in [2.75, 3.05) is 19.8 Å². The molecule has 2 atom stereocenters. The van der Waals surface area contributed by atoms with Gasteiger partial charge in [0.05, 0.1) is 19.3 Å². The van der Waals surface area contributed by atoms with E-state index < -0.39 is 6.09 Å². The van der Waals surface area contributed by atoms with E-state index >= 15 is 0 Å². The van der Waals surface area contributed by atoms with Gasteiger partial charge in [-0.25, -0.2) is 4.79 Å². The smallest absolute Gasteiger partial charge is 0.404 e. The van der Waals surface area contributed by atoms with Crippen molar-refractivity contribution >= 4 is 6.09 Å². The second-order valence-corrected chi connectivity index (χ2v) is 2.77. The van der Waals surface area contributed by atoms with Crippen LogP contribution in [-0.2, 0) is 4.74 Å². The van der Waals surface area contributed by atoms with Gasteiger partial charge in [0.25, 0.3) is 0 Å². The van der Waals surface area contributed by atoms with Crippen LogP contribution in [0.4, 0.5) is 4.79 Å². The number of carbonyl (C=O) groups is 1. The molecule has 0 aromatic rings. The highest BCUT2D eigenvalue weighted by Gasteiger charge is 2.28. The van der Waals surface area contributed by atoms with Gasteiger partial charge in [0.2, 0.25) is 0 Å². The average Bonchev–Trinajstić information content (AvgIpc) is 2.48. The monoisotopic (exact) mass is 186 g/mol. The first kappa shape index (κ1) is 9.63. The highest BCUT2D eigenvalue weighted by Crippen LogP contribution is 2.13. The molecule has 1 rings (SSSR count). The van der Waals surface area contributed by atoms with Crippen molar-refractivity contribution in [3.8, 4) is 0 Å². The molecule has 0 bridgehead atoms. The van der Waals surface area contributed by atoms with Crippen LogP contribution in [0.25, 0.3) is 10.4 Å². The van der Waals surface area contributed by atoms with Crippen LogP contribution in [-0.4, -0.2) is 37.0 Å². The lowest BCUT2D eigenvalue weighted by molar-refractivity contribution is 0.174. The number of hydrogen-bond donors (Lipinski definition) is 2. The normalized spacial score (nSPS) is 26.5. The molecule has 0 spiro atoms. The Balaban J connectivity index is 2.43. The molecule has 1 fully saturated rings. The Morgan fingerprint density at radius 1 is 1.77 bits per heavy atom. The molecule has 0 aromatic carbocycles. The van der Waals surface area contributed by atoms with Gasteiger partial charge in [-0.05, 0) is 5.53 Å². The zero-order valence-corrected chi connectivity index (χ0v) is 6.88. The summed E-state index contributed by atoms with van der Waals surface area (Å²) in [6.07, 6.45) is -1.08. The first-order chi connectivity index (χ1) is 6.24. The fraction of sp³-hybridized carbons (Fsp3) is 0.833. The van der Waals surface area contributed by atoms with Gasteiger partial charge >= 0.3 is 6.09 Å². The number of azide groups is 1. The van der Waals surface area contributed by atoms with E-state index in [9.17, 15) is 4.79 Å². The molecule has 7 nitrogen and oxygen atoms in total. The molecule has 0 saturated carbocycles. The summed E-state index contributed by atoms with van der Waals surface area (Å²) in [5.74, 6) is -0.0491. The lowest BCUT2D eigenvalue weighted by Gasteiger charge is -2.14. The molecule has 13 heavy (non-hydrogen) atoms. The van der Waals surface area contributed by atoms with Crippen LogP contribution < -0.4 is 5.32 Å². The standard InChI is InChI=1S/C6H10N4O3/c7-10-8-1-4-2-13-3-5(4)9-6(11)12/h4-5,9H,1-3H2,(H,11,12)/t4-,5-/m0/s1. The molecule has 7 heteroatoms. The Kier molecular flexibility index (Phi) is 3.36. The predicted octanol–water partition coefficient (Wildman–Crippen LogP) is 0.579. The van der Waals surface area contributed by atoms with Crippen LogP contribution >= 0.6 is 0 Å². The van der Waals surface area contributed by atoms with Gasteiger partial charge < -0.3 is 15.2 Å². The van der Waals surface area contributed by atoms with Gasteiger partial charge in [-0.3, -0.25) is 0 Å². The molecule has 72 valence electrons. The number of rotatable bonds is 3. The fourth-order valence-corrected chi connectivity index (χ4v) is 1.24. The van der Waals surface area contributed by atoms with Crippen LogP contribution in [0.2, 0.25) is 0 Å². The summed E-state index contributed by atoms with van der Waals surface area (Å²) in [6, 6.07) is -0.261. The molecule has 1 saturated heterocycles. The van der Waals surface area contributed by atoms with Crippen molar-refractivity contribution in [3.63, 3.8) is 0 Å². The van der Waals surface area contributed by atoms with Crippen LogP contribution in [0.15, 0.2) is 5.11 Å². The molecule has 0 radical (unpaired) electrons. The predicted molar refractivity (Wildman–Crippen MR) is 43.3 cm³/mol. The molecule has 0 unspecified atom stereocenters. The molecule has 0 aromatic heterocycles. The minimum atomic E-state index is -1.08. The third-order valence-electron chi connectivity index (χ3n) is 1.89. The van der Waals surface area contributed by atoms with Crippen molar-refractivity contribution in [2.45, 2.75) is 6.04 Å². The Bertz CT molecular complexity index is 228. The van der Waals surface area contributed by atoms with Crippen molar-refractivity contribution in [2.24, 2.45) is 11.0 Å². The van der Waals surface area contributed by atoms with Crippen molar-refractivity contribution in [1.82, 2.24) is 5.32 Å². The second-order valence-electron chi connectivity index (χ2n) is 2.77. The second kappa shape index (κ2) is 4.54. The largest absolute Gasteiger partial charge is 0.465 e. The van der Waals surface area contributed by atoms with E-state index in [1.807, 2.05) is 0 Å². The Morgan fingerprint density at radius 3 is 3.15 bits per heavy atom. The third kappa shape index (κ3) is 2.81. The SMILES string of the molecule is [N-]=[N+]=NC[C@H]1COC[C@@H]1NC(=O)O. The topological polar surface area (TPSA) is 107 Å². The molecule has 1 heterocycles. The lowest BCUT2D eigenvalue weighted by atomic mass is 10.0. The van der Waals surface area contributed by atoms with Crippen molar-refractivity contribution in [1.29, 1.82) is 0 Å². The van der Waals surface area contributed by atoms with Crippen LogP contribution in [0.3, 0.4) is 0 Å². The summed E-state index contributed by atoms with van der Waals surface area (Å²) < 4.78 is 5.06. The number of carboxylic acid groups (broad SMARTS) is 1. The summed E-state index contributed by atoms with van der Waals surface area (Å²) in [5.41, 5.74) is 8.08. The maximum absolute atomic E-state index is 10.3. The van der Waals surface area contributed by atoms with Gasteiger partial charge in [-0.2, -0.15) is 0 Å². The van der Waals surface area contributed by atoms with E-state index in [4.69, 9.17) is 15.4 Å². The van der Waals surface area contributed by atoms with E-state index in [-0.39, 0.29) is 18.5 Å². The van der Waals surface area contributed by atoms with E-state index in [1.54, 1.807) is 0 Å². The Hall–Kier alpha value is -1.46. The summed E-state index contributed by atoms with van der Waals surface area (Å²) in [7, 11) is 0. The average molecular weight is 186 g/mol. The molecular weight excluding hydrogens is 176 g/mol. The highest BCUT2D eigenvalue weighted by molar-refractivity contribution is 5.64. The maximum atomic E-state index is 10.3. The highest BCUT2D eigenvalue weighted by atomic mass is 16.5. The summed E-state index contributed by atoms with van der Waals surface area (Å²) in [5, 5.41) is 14.1.